The van der Waals surface area contributed by atoms with Crippen molar-refractivity contribution in [2.24, 2.45) is 5.73 Å². The Morgan fingerprint density at radius 3 is 2.71 bits per heavy atom. The van der Waals surface area contributed by atoms with Gasteiger partial charge in [-0.2, -0.15) is 13.2 Å². The summed E-state index contributed by atoms with van der Waals surface area (Å²) in [5, 5.41) is 4.84. The maximum Gasteiger partial charge on any atom is 0.405 e. The molecular formula is C23H20F4N8O3. The zero-order valence-electron chi connectivity index (χ0n) is 19.4. The Bertz CT molecular complexity index is 1460. The quantitative estimate of drug-likeness (QED) is 0.170. The predicted octanol–water partition coefficient (Wildman–Crippen LogP) is 3.13. The second-order valence-electron chi connectivity index (χ2n) is 7.71. The molecule has 0 saturated heterocycles. The van der Waals surface area contributed by atoms with Gasteiger partial charge in [-0.05, 0) is 24.3 Å². The molecule has 3 heterocycles. The average molecular weight is 532 g/mol. The number of imidazole rings is 1. The van der Waals surface area contributed by atoms with Gasteiger partial charge in [0.2, 0.25) is 0 Å². The standard InChI is InChI=1S/C23H20F4N8O3/c24-17-10-31-20(33-21(17)29-6-5-28)15-4-7-34-18(11-30-19(34)9-15)14-2-1-3-16(8-14)35(38-13-36)22(37)32-12-23(25,26)27/h1-4,7-11,13H,5-6,12,28H2,(H,32,37)(H,29,31,33). The summed E-state index contributed by atoms with van der Waals surface area (Å²) in [6.07, 6.45) is -0.394. The number of hydrogen-bond donors (Lipinski definition) is 3. The van der Waals surface area contributed by atoms with Gasteiger partial charge in [0, 0.05) is 30.4 Å². The molecule has 198 valence electrons. The number of anilines is 2. The Kier molecular flexibility index (Phi) is 7.66. The first-order valence-electron chi connectivity index (χ1n) is 11.0. The summed E-state index contributed by atoms with van der Waals surface area (Å²) >= 11 is 0. The molecule has 4 rings (SSSR count). The first-order chi connectivity index (χ1) is 18.2. The minimum absolute atomic E-state index is 0.00179. The van der Waals surface area contributed by atoms with Crippen LogP contribution in [-0.4, -0.2) is 57.7 Å². The van der Waals surface area contributed by atoms with E-state index < -0.39 is 24.6 Å². The number of benzene rings is 1. The van der Waals surface area contributed by atoms with Crippen molar-refractivity contribution >= 4 is 29.7 Å². The summed E-state index contributed by atoms with van der Waals surface area (Å²) in [6, 6.07) is 8.10. The Hall–Kier alpha value is -4.79. The molecule has 15 heteroatoms. The number of pyridine rings is 1. The number of alkyl halides is 3. The third-order valence-corrected chi connectivity index (χ3v) is 5.10. The van der Waals surface area contributed by atoms with E-state index in [1.54, 1.807) is 34.1 Å². The van der Waals surface area contributed by atoms with E-state index in [2.05, 4.69) is 25.1 Å². The summed E-state index contributed by atoms with van der Waals surface area (Å²) < 4.78 is 53.2. The van der Waals surface area contributed by atoms with Crippen LogP contribution in [0, 0.1) is 5.82 Å². The Morgan fingerprint density at radius 1 is 1.16 bits per heavy atom. The molecule has 2 amide bonds. The van der Waals surface area contributed by atoms with Crippen LogP contribution in [-0.2, 0) is 9.63 Å². The number of fused-ring (bicyclic) bond motifs is 1. The van der Waals surface area contributed by atoms with Gasteiger partial charge in [0.15, 0.2) is 17.5 Å². The topological polar surface area (TPSA) is 140 Å². The van der Waals surface area contributed by atoms with Crippen LogP contribution >= 0.6 is 0 Å². The van der Waals surface area contributed by atoms with E-state index in [0.717, 1.165) is 6.20 Å². The smallest absolute Gasteiger partial charge is 0.366 e. The van der Waals surface area contributed by atoms with Crippen LogP contribution in [0.3, 0.4) is 0 Å². The second kappa shape index (κ2) is 11.1. The molecule has 0 unspecified atom stereocenters. The zero-order valence-corrected chi connectivity index (χ0v) is 19.4. The second-order valence-corrected chi connectivity index (χ2v) is 7.71. The van der Waals surface area contributed by atoms with Gasteiger partial charge in [-0.1, -0.05) is 12.1 Å². The number of hydroxylamine groups is 1. The van der Waals surface area contributed by atoms with Crippen LogP contribution in [0.5, 0.6) is 0 Å². The highest BCUT2D eigenvalue weighted by Crippen LogP contribution is 2.28. The lowest BCUT2D eigenvalue weighted by Gasteiger charge is -2.20. The lowest BCUT2D eigenvalue weighted by atomic mass is 10.1. The van der Waals surface area contributed by atoms with Gasteiger partial charge < -0.3 is 21.2 Å². The van der Waals surface area contributed by atoms with Crippen molar-refractivity contribution in [3.63, 3.8) is 0 Å². The molecule has 0 aliphatic rings. The highest BCUT2D eigenvalue weighted by molar-refractivity contribution is 5.91. The number of hydrogen-bond acceptors (Lipinski definition) is 8. The number of amides is 2. The van der Waals surface area contributed by atoms with Crippen LogP contribution < -0.4 is 21.4 Å². The van der Waals surface area contributed by atoms with Crippen molar-refractivity contribution in [2.75, 3.05) is 30.0 Å². The van der Waals surface area contributed by atoms with Crippen molar-refractivity contribution in [1.29, 1.82) is 0 Å². The molecule has 0 atom stereocenters. The number of aromatic nitrogens is 4. The molecule has 0 fully saturated rings. The SMILES string of the molecule is NCCNc1nc(-c2ccn3c(-c4cccc(N(OC=O)C(=O)NCC(F)(F)F)c4)cnc3c2)ncc1F. The minimum Gasteiger partial charge on any atom is -0.366 e. The monoisotopic (exact) mass is 532 g/mol. The van der Waals surface area contributed by atoms with Crippen LogP contribution in [0.2, 0.25) is 0 Å². The number of nitrogens with zero attached hydrogens (tertiary/aromatic N) is 5. The fourth-order valence-corrected chi connectivity index (χ4v) is 3.46. The molecule has 4 aromatic rings. The van der Waals surface area contributed by atoms with E-state index in [0.29, 0.717) is 40.6 Å². The molecule has 0 aliphatic heterocycles. The third kappa shape index (κ3) is 5.95. The molecule has 11 nitrogen and oxygen atoms in total. The maximum absolute atomic E-state index is 14.0. The Balaban J connectivity index is 1.63. The molecular weight excluding hydrogens is 512 g/mol. The van der Waals surface area contributed by atoms with E-state index in [9.17, 15) is 27.2 Å². The van der Waals surface area contributed by atoms with Gasteiger partial charge in [-0.3, -0.25) is 9.20 Å². The number of rotatable bonds is 9. The van der Waals surface area contributed by atoms with Gasteiger partial charge in [-0.25, -0.2) is 24.1 Å². The van der Waals surface area contributed by atoms with Gasteiger partial charge in [0.05, 0.1) is 23.8 Å². The van der Waals surface area contributed by atoms with Gasteiger partial charge in [0.25, 0.3) is 0 Å². The molecule has 38 heavy (non-hydrogen) atoms. The van der Waals surface area contributed by atoms with Crippen LogP contribution in [0.15, 0.2) is 55.0 Å². The van der Waals surface area contributed by atoms with Crippen molar-refractivity contribution in [3.05, 3.63) is 60.8 Å². The van der Waals surface area contributed by atoms with E-state index in [4.69, 9.17) is 5.73 Å². The van der Waals surface area contributed by atoms with Gasteiger partial charge in [0.1, 0.15) is 12.2 Å². The largest absolute Gasteiger partial charge is 0.405 e. The number of nitrogens with one attached hydrogen (secondary N) is 2. The van der Waals surface area contributed by atoms with Crippen molar-refractivity contribution in [1.82, 2.24) is 24.7 Å². The summed E-state index contributed by atoms with van der Waals surface area (Å²) in [6.45, 7) is -1.07. The lowest BCUT2D eigenvalue weighted by molar-refractivity contribution is -0.129. The zero-order chi connectivity index (χ0) is 27.3. The molecule has 3 aromatic heterocycles. The summed E-state index contributed by atoms with van der Waals surface area (Å²) in [7, 11) is 0. The van der Waals surface area contributed by atoms with Crippen molar-refractivity contribution < 1.29 is 32.0 Å². The Morgan fingerprint density at radius 2 is 1.97 bits per heavy atom. The van der Waals surface area contributed by atoms with Crippen molar-refractivity contribution in [2.45, 2.75) is 6.18 Å². The third-order valence-electron chi connectivity index (χ3n) is 5.10. The summed E-state index contributed by atoms with van der Waals surface area (Å²) in [5.74, 6) is -0.347. The molecule has 0 aliphatic carbocycles. The lowest BCUT2D eigenvalue weighted by Crippen LogP contribution is -2.43. The number of carbonyl (C=O) groups is 2. The number of urea groups is 1. The average Bonchev–Trinajstić information content (AvgIpc) is 3.33. The number of halogens is 4. The van der Waals surface area contributed by atoms with Crippen LogP contribution in [0.1, 0.15) is 0 Å². The maximum atomic E-state index is 14.0. The van der Waals surface area contributed by atoms with Crippen LogP contribution in [0.4, 0.5) is 33.9 Å². The fourth-order valence-electron chi connectivity index (χ4n) is 3.46. The van der Waals surface area contributed by atoms with E-state index >= 15 is 0 Å². The molecule has 0 bridgehead atoms. The highest BCUT2D eigenvalue weighted by atomic mass is 19.4. The number of nitrogens with two attached hydrogens (primary N) is 1. The Labute approximate surface area is 212 Å². The summed E-state index contributed by atoms with van der Waals surface area (Å²) in [5.41, 5.74) is 7.56. The first kappa shape index (κ1) is 26.3. The molecule has 4 N–H and O–H groups in total. The summed E-state index contributed by atoms with van der Waals surface area (Å²) in [4.78, 5) is 40.4. The van der Waals surface area contributed by atoms with Gasteiger partial charge >= 0.3 is 18.7 Å². The minimum atomic E-state index is -4.65. The predicted molar refractivity (Wildman–Crippen MR) is 128 cm³/mol. The van der Waals surface area contributed by atoms with E-state index in [1.807, 2.05) is 0 Å². The molecule has 1 aromatic carbocycles. The van der Waals surface area contributed by atoms with E-state index in [1.165, 1.54) is 24.4 Å². The van der Waals surface area contributed by atoms with E-state index in [-0.39, 0.29) is 23.8 Å². The fraction of sp³-hybridized carbons (Fsp3) is 0.174. The van der Waals surface area contributed by atoms with Crippen molar-refractivity contribution in [3.8, 4) is 22.6 Å². The van der Waals surface area contributed by atoms with Crippen LogP contribution in [0.25, 0.3) is 28.3 Å². The molecule has 0 radical (unpaired) electrons. The number of carbonyl (C=O) groups excluding carboxylic acids is 2. The first-order valence-corrected chi connectivity index (χ1v) is 11.0. The van der Waals surface area contributed by atoms with Gasteiger partial charge in [-0.15, -0.1) is 5.06 Å². The molecule has 0 saturated carbocycles. The normalized spacial score (nSPS) is 11.3. The highest BCUT2D eigenvalue weighted by Gasteiger charge is 2.30. The molecule has 0 spiro atoms.